The fraction of sp³-hybridized carbons (Fsp3) is 0.750. The summed E-state index contributed by atoms with van der Waals surface area (Å²) in [5.41, 5.74) is -0.288. The maximum Gasteiger partial charge on any atom is 0.129 e. The molecular formula is C24H37FN2O. The molecule has 4 heteroatoms. The Bertz CT molecular complexity index is 669. The summed E-state index contributed by atoms with van der Waals surface area (Å²) in [6.45, 7) is 11.8. The second-order valence-electron chi connectivity index (χ2n) is 10.6. The molecule has 4 rings (SSSR count). The predicted octanol–water partition coefficient (Wildman–Crippen LogP) is 4.40. The zero-order valence-corrected chi connectivity index (χ0v) is 17.8. The van der Waals surface area contributed by atoms with Crippen molar-refractivity contribution >= 4 is 0 Å². The van der Waals surface area contributed by atoms with Crippen molar-refractivity contribution in [3.8, 4) is 0 Å². The number of hydrogen-bond donors (Lipinski definition) is 1. The van der Waals surface area contributed by atoms with Gasteiger partial charge in [-0.1, -0.05) is 39.0 Å². The number of fused-ring (bicyclic) bond motifs is 2. The smallest absolute Gasteiger partial charge is 0.129 e. The molecule has 3 saturated heterocycles. The van der Waals surface area contributed by atoms with Crippen LogP contribution in [0.5, 0.6) is 0 Å². The van der Waals surface area contributed by atoms with Crippen LogP contribution in [0.4, 0.5) is 4.39 Å². The van der Waals surface area contributed by atoms with Gasteiger partial charge in [0.25, 0.3) is 0 Å². The van der Waals surface area contributed by atoms with Crippen molar-refractivity contribution in [3.05, 3.63) is 35.6 Å². The number of halogens is 1. The van der Waals surface area contributed by atoms with Gasteiger partial charge in [-0.2, -0.15) is 0 Å². The quantitative estimate of drug-likeness (QED) is 0.810. The van der Waals surface area contributed by atoms with Crippen molar-refractivity contribution in [2.45, 2.75) is 77.0 Å². The highest BCUT2D eigenvalue weighted by atomic mass is 19.1. The maximum atomic E-state index is 14.4. The molecule has 1 unspecified atom stereocenters. The van der Waals surface area contributed by atoms with Gasteiger partial charge in [-0.15, -0.1) is 0 Å². The minimum atomic E-state index is -1.01. The molecule has 0 amide bonds. The van der Waals surface area contributed by atoms with Crippen molar-refractivity contribution in [2.75, 3.05) is 26.2 Å². The van der Waals surface area contributed by atoms with E-state index < -0.39 is 5.60 Å². The lowest BCUT2D eigenvalue weighted by Crippen LogP contribution is -2.54. The molecule has 28 heavy (non-hydrogen) atoms. The van der Waals surface area contributed by atoms with E-state index in [4.69, 9.17) is 0 Å². The fourth-order valence-electron chi connectivity index (χ4n) is 6.00. The second kappa shape index (κ2) is 7.70. The van der Waals surface area contributed by atoms with E-state index in [0.717, 1.165) is 31.8 Å². The molecule has 3 atom stereocenters. The van der Waals surface area contributed by atoms with Crippen LogP contribution in [-0.2, 0) is 5.60 Å². The molecule has 1 aromatic carbocycles. The van der Waals surface area contributed by atoms with Gasteiger partial charge in [0.05, 0.1) is 5.60 Å². The second-order valence-corrected chi connectivity index (χ2v) is 10.6. The van der Waals surface area contributed by atoms with Crippen molar-refractivity contribution in [1.82, 2.24) is 9.80 Å². The summed E-state index contributed by atoms with van der Waals surface area (Å²) >= 11 is 0. The maximum absolute atomic E-state index is 14.4. The monoisotopic (exact) mass is 388 g/mol. The van der Waals surface area contributed by atoms with E-state index in [1.807, 2.05) is 6.07 Å². The summed E-state index contributed by atoms with van der Waals surface area (Å²) in [4.78, 5) is 5.28. The van der Waals surface area contributed by atoms with Crippen LogP contribution in [0.25, 0.3) is 0 Å². The molecule has 3 heterocycles. The number of nitrogens with zero attached hydrogens (tertiary/aromatic N) is 2. The van der Waals surface area contributed by atoms with Crippen molar-refractivity contribution in [1.29, 1.82) is 0 Å². The zero-order chi connectivity index (χ0) is 19.9. The first kappa shape index (κ1) is 20.3. The Morgan fingerprint density at radius 2 is 1.64 bits per heavy atom. The number of rotatable bonds is 5. The van der Waals surface area contributed by atoms with Crippen molar-refractivity contribution < 1.29 is 9.50 Å². The first-order chi connectivity index (χ1) is 13.3. The molecule has 1 aromatic rings. The fourth-order valence-corrected chi connectivity index (χ4v) is 6.00. The van der Waals surface area contributed by atoms with Gasteiger partial charge < -0.3 is 10.0 Å². The van der Waals surface area contributed by atoms with Crippen molar-refractivity contribution in [2.24, 2.45) is 11.3 Å². The van der Waals surface area contributed by atoms with Crippen LogP contribution in [0.15, 0.2) is 24.3 Å². The van der Waals surface area contributed by atoms with Gasteiger partial charge in [0.1, 0.15) is 5.82 Å². The molecule has 3 aliphatic heterocycles. The standard InChI is InChI=1S/C24H37FN2O/c1-18-10-12-26(13-11-18)16-23(2,3)17-27-19-8-9-20(27)15-24(28,14-19)21-6-4-5-7-22(21)25/h4-7,18-20,28H,8-17H2,1-3H3/t19-,20+,24?. The summed E-state index contributed by atoms with van der Waals surface area (Å²) in [5, 5.41) is 11.3. The molecule has 2 bridgehead atoms. The van der Waals surface area contributed by atoms with E-state index in [1.54, 1.807) is 12.1 Å². The molecule has 156 valence electrons. The molecular weight excluding hydrogens is 351 g/mol. The molecule has 1 N–H and O–H groups in total. The zero-order valence-electron chi connectivity index (χ0n) is 17.8. The first-order valence-electron chi connectivity index (χ1n) is 11.2. The normalized spacial score (nSPS) is 32.8. The lowest BCUT2D eigenvalue weighted by molar-refractivity contribution is -0.0692. The van der Waals surface area contributed by atoms with Gasteiger partial charge in [0.15, 0.2) is 0 Å². The van der Waals surface area contributed by atoms with E-state index >= 15 is 0 Å². The predicted molar refractivity (Wildman–Crippen MR) is 112 cm³/mol. The third-order valence-electron chi connectivity index (χ3n) is 7.43. The van der Waals surface area contributed by atoms with Crippen LogP contribution in [0, 0.1) is 17.2 Å². The van der Waals surface area contributed by atoms with E-state index in [1.165, 1.54) is 32.0 Å². The Balaban J connectivity index is 1.42. The molecule has 3 fully saturated rings. The minimum Gasteiger partial charge on any atom is -0.385 e. The third kappa shape index (κ3) is 4.15. The molecule has 0 radical (unpaired) electrons. The van der Waals surface area contributed by atoms with Crippen LogP contribution in [0.1, 0.15) is 64.9 Å². The highest BCUT2D eigenvalue weighted by Crippen LogP contribution is 2.47. The van der Waals surface area contributed by atoms with Gasteiger partial charge >= 0.3 is 0 Å². The van der Waals surface area contributed by atoms with Crippen molar-refractivity contribution in [3.63, 3.8) is 0 Å². The average Bonchev–Trinajstić information content (AvgIpc) is 2.87. The van der Waals surface area contributed by atoms with Gasteiger partial charge in [-0.05, 0) is 69.0 Å². The Labute approximate surface area is 169 Å². The van der Waals surface area contributed by atoms with Gasteiger partial charge in [-0.25, -0.2) is 4.39 Å². The number of likely N-dealkylation sites (tertiary alicyclic amines) is 1. The Hall–Kier alpha value is -0.970. The number of hydrogen-bond acceptors (Lipinski definition) is 3. The number of benzene rings is 1. The summed E-state index contributed by atoms with van der Waals surface area (Å²) in [5.74, 6) is 0.603. The Kier molecular flexibility index (Phi) is 5.58. The highest BCUT2D eigenvalue weighted by Gasteiger charge is 2.50. The lowest BCUT2D eigenvalue weighted by atomic mass is 9.79. The Morgan fingerprint density at radius 3 is 2.25 bits per heavy atom. The molecule has 0 aromatic heterocycles. The largest absolute Gasteiger partial charge is 0.385 e. The van der Waals surface area contributed by atoms with E-state index in [-0.39, 0.29) is 11.2 Å². The number of piperidine rings is 2. The van der Waals surface area contributed by atoms with Crippen LogP contribution < -0.4 is 0 Å². The van der Waals surface area contributed by atoms with Gasteiger partial charge in [0.2, 0.25) is 0 Å². The topological polar surface area (TPSA) is 26.7 Å². The highest BCUT2D eigenvalue weighted by molar-refractivity contribution is 5.26. The Morgan fingerprint density at radius 1 is 1.04 bits per heavy atom. The minimum absolute atomic E-state index is 0.231. The van der Waals surface area contributed by atoms with Crippen LogP contribution in [-0.4, -0.2) is 53.2 Å². The molecule has 3 aliphatic rings. The summed E-state index contributed by atoms with van der Waals surface area (Å²) in [6.07, 6.45) is 6.20. The van der Waals surface area contributed by atoms with E-state index in [9.17, 15) is 9.50 Å². The molecule has 0 spiro atoms. The van der Waals surface area contributed by atoms with E-state index in [2.05, 4.69) is 30.6 Å². The molecule has 0 aliphatic carbocycles. The summed E-state index contributed by atoms with van der Waals surface area (Å²) in [6, 6.07) is 7.52. The van der Waals surface area contributed by atoms with Gasteiger partial charge in [0, 0.05) is 30.7 Å². The summed E-state index contributed by atoms with van der Waals surface area (Å²) < 4.78 is 14.4. The van der Waals surface area contributed by atoms with E-state index in [0.29, 0.717) is 30.5 Å². The molecule has 3 nitrogen and oxygen atoms in total. The van der Waals surface area contributed by atoms with Gasteiger partial charge in [-0.3, -0.25) is 4.90 Å². The van der Waals surface area contributed by atoms with Crippen LogP contribution >= 0.6 is 0 Å². The number of aliphatic hydroxyl groups is 1. The third-order valence-corrected chi connectivity index (χ3v) is 7.43. The van der Waals surface area contributed by atoms with Crippen LogP contribution in [0.2, 0.25) is 0 Å². The lowest BCUT2D eigenvalue weighted by Gasteiger charge is -2.47. The SMILES string of the molecule is CC1CCN(CC(C)(C)CN2[C@@H]3CC[C@H]2CC(O)(c2ccccc2F)C3)CC1. The average molecular weight is 389 g/mol. The van der Waals surface area contributed by atoms with Crippen LogP contribution in [0.3, 0.4) is 0 Å². The molecule has 0 saturated carbocycles. The first-order valence-corrected chi connectivity index (χ1v) is 11.2. The summed E-state index contributed by atoms with van der Waals surface area (Å²) in [7, 11) is 0.